The van der Waals surface area contributed by atoms with Crippen molar-refractivity contribution in [3.63, 3.8) is 0 Å². The van der Waals surface area contributed by atoms with Gasteiger partial charge in [-0.25, -0.2) is 4.79 Å². The number of aryl methyl sites for hydroxylation is 1. The molecule has 0 radical (unpaired) electrons. The highest BCUT2D eigenvalue weighted by Crippen LogP contribution is 2.33. The molecule has 1 aromatic heterocycles. The molecule has 30 heavy (non-hydrogen) atoms. The number of amides is 2. The van der Waals surface area contributed by atoms with Crippen molar-refractivity contribution in [2.24, 2.45) is 0 Å². The predicted octanol–water partition coefficient (Wildman–Crippen LogP) is 4.28. The first-order valence-electron chi connectivity index (χ1n) is 10.5. The second-order valence-electron chi connectivity index (χ2n) is 7.49. The molecule has 1 aromatic carbocycles. The van der Waals surface area contributed by atoms with Crippen LogP contribution in [0.5, 0.6) is 5.75 Å². The summed E-state index contributed by atoms with van der Waals surface area (Å²) in [5.74, 6) is 0.553. The van der Waals surface area contributed by atoms with Gasteiger partial charge in [0.2, 0.25) is 5.91 Å². The minimum atomic E-state index is -0.286. The molecule has 0 saturated carbocycles. The van der Waals surface area contributed by atoms with E-state index in [1.54, 1.807) is 24.2 Å². The Labute approximate surface area is 177 Å². The average molecular weight is 415 g/mol. The molecule has 1 fully saturated rings. The molecule has 1 saturated heterocycles. The van der Waals surface area contributed by atoms with E-state index in [1.807, 2.05) is 32.9 Å². The van der Waals surface area contributed by atoms with Crippen LogP contribution in [-0.4, -0.2) is 49.2 Å². The van der Waals surface area contributed by atoms with Gasteiger partial charge in [0.15, 0.2) is 0 Å². The molecular weight excluding hydrogens is 384 g/mol. The van der Waals surface area contributed by atoms with Gasteiger partial charge in [-0.15, -0.1) is 0 Å². The van der Waals surface area contributed by atoms with Crippen LogP contribution in [0, 0.1) is 6.92 Å². The fourth-order valence-electron chi connectivity index (χ4n) is 3.70. The number of benzene rings is 1. The molecule has 1 N–H and O–H groups in total. The number of hydrogen-bond acceptors (Lipinski definition) is 5. The van der Waals surface area contributed by atoms with Gasteiger partial charge in [0.05, 0.1) is 19.5 Å². The molecule has 0 unspecified atom stereocenters. The Balaban J connectivity index is 1.68. The molecule has 0 atom stereocenters. The molecule has 162 valence electrons. The maximum absolute atomic E-state index is 12.6. The lowest BCUT2D eigenvalue weighted by Crippen LogP contribution is -2.46. The number of fused-ring (bicyclic) bond motifs is 1. The number of carbonyl (C=O) groups excluding carboxylic acids is 2. The predicted molar refractivity (Wildman–Crippen MR) is 116 cm³/mol. The Hall–Kier alpha value is -2.96. The summed E-state index contributed by atoms with van der Waals surface area (Å²) in [4.78, 5) is 26.1. The molecule has 2 amide bonds. The van der Waals surface area contributed by atoms with Crippen LogP contribution in [0.4, 0.5) is 4.79 Å². The summed E-state index contributed by atoms with van der Waals surface area (Å²) in [6, 6.07) is 3.93. The van der Waals surface area contributed by atoms with E-state index < -0.39 is 0 Å². The Morgan fingerprint density at radius 2 is 1.97 bits per heavy atom. The Morgan fingerprint density at radius 1 is 1.23 bits per heavy atom. The smallest absolute Gasteiger partial charge is 0.409 e. The van der Waals surface area contributed by atoms with Crippen LogP contribution in [0.15, 0.2) is 28.9 Å². The largest absolute Gasteiger partial charge is 0.493 e. The van der Waals surface area contributed by atoms with Crippen LogP contribution in [0.2, 0.25) is 0 Å². The van der Waals surface area contributed by atoms with Gasteiger partial charge in [-0.2, -0.15) is 0 Å². The minimum Gasteiger partial charge on any atom is -0.493 e. The van der Waals surface area contributed by atoms with Crippen LogP contribution in [0.25, 0.3) is 16.5 Å². The van der Waals surface area contributed by atoms with E-state index in [9.17, 15) is 9.59 Å². The van der Waals surface area contributed by atoms with Crippen molar-refractivity contribution in [2.45, 2.75) is 46.6 Å². The van der Waals surface area contributed by atoms with Gasteiger partial charge in [-0.3, -0.25) is 4.79 Å². The summed E-state index contributed by atoms with van der Waals surface area (Å²) in [5, 5.41) is 4.06. The van der Waals surface area contributed by atoms with Crippen LogP contribution in [0.3, 0.4) is 0 Å². The molecule has 1 aliphatic rings. The summed E-state index contributed by atoms with van der Waals surface area (Å²) in [6.45, 7) is 9.67. The van der Waals surface area contributed by atoms with Gasteiger partial charge in [-0.05, 0) is 57.7 Å². The lowest BCUT2D eigenvalue weighted by Gasteiger charge is -2.31. The number of nitrogens with zero attached hydrogens (tertiary/aromatic N) is 1. The number of likely N-dealkylation sites (tertiary alicyclic amines) is 1. The van der Waals surface area contributed by atoms with Crippen LogP contribution < -0.4 is 10.1 Å². The number of ether oxygens (including phenoxy) is 2. The molecule has 0 bridgehead atoms. The SMILES string of the molecule is CCOC(=O)N1CCC(NC(=O)/C=C(\C)c2cc3c(C)coc3cc2OCC)CC1. The summed E-state index contributed by atoms with van der Waals surface area (Å²) < 4.78 is 16.4. The lowest BCUT2D eigenvalue weighted by molar-refractivity contribution is -0.117. The monoisotopic (exact) mass is 414 g/mol. The van der Waals surface area contributed by atoms with E-state index in [0.717, 1.165) is 27.7 Å². The van der Waals surface area contributed by atoms with Crippen molar-refractivity contribution < 1.29 is 23.5 Å². The first kappa shape index (κ1) is 21.7. The van der Waals surface area contributed by atoms with Crippen molar-refractivity contribution in [1.29, 1.82) is 0 Å². The van der Waals surface area contributed by atoms with E-state index in [0.29, 0.717) is 44.9 Å². The first-order chi connectivity index (χ1) is 14.4. The molecular formula is C23H30N2O5. The quantitative estimate of drug-likeness (QED) is 0.714. The number of piperidine rings is 1. The van der Waals surface area contributed by atoms with Crippen molar-refractivity contribution in [2.75, 3.05) is 26.3 Å². The molecule has 2 aromatic rings. The second kappa shape index (κ2) is 9.69. The molecule has 0 spiro atoms. The van der Waals surface area contributed by atoms with Gasteiger partial charge in [0.25, 0.3) is 0 Å². The van der Waals surface area contributed by atoms with Crippen LogP contribution >= 0.6 is 0 Å². The Bertz CT molecular complexity index is 938. The highest BCUT2D eigenvalue weighted by Gasteiger charge is 2.24. The van der Waals surface area contributed by atoms with Crippen LogP contribution in [-0.2, 0) is 9.53 Å². The topological polar surface area (TPSA) is 81.0 Å². The normalized spacial score (nSPS) is 15.3. The molecule has 7 nitrogen and oxygen atoms in total. The fourth-order valence-corrected chi connectivity index (χ4v) is 3.70. The number of hydrogen-bond donors (Lipinski definition) is 1. The molecule has 1 aliphatic heterocycles. The molecule has 3 rings (SSSR count). The third-order valence-electron chi connectivity index (χ3n) is 5.31. The Kier molecular flexibility index (Phi) is 7.03. The van der Waals surface area contributed by atoms with E-state index >= 15 is 0 Å². The second-order valence-corrected chi connectivity index (χ2v) is 7.49. The maximum atomic E-state index is 12.6. The number of allylic oxidation sites excluding steroid dienone is 1. The highest BCUT2D eigenvalue weighted by molar-refractivity contribution is 5.97. The number of furan rings is 1. The van der Waals surface area contributed by atoms with Gasteiger partial charge >= 0.3 is 6.09 Å². The van der Waals surface area contributed by atoms with Crippen molar-refractivity contribution >= 4 is 28.5 Å². The zero-order chi connectivity index (χ0) is 21.7. The summed E-state index contributed by atoms with van der Waals surface area (Å²) >= 11 is 0. The van der Waals surface area contributed by atoms with Gasteiger partial charge in [0.1, 0.15) is 11.3 Å². The molecule has 7 heteroatoms. The number of carbonyl (C=O) groups is 2. The summed E-state index contributed by atoms with van der Waals surface area (Å²) in [6.07, 6.45) is 4.46. The van der Waals surface area contributed by atoms with E-state index in [4.69, 9.17) is 13.9 Å². The standard InChI is InChI=1S/C23H30N2O5/c1-5-28-20-13-21-19(16(4)14-30-21)12-18(20)15(3)11-22(26)24-17-7-9-25(10-8-17)23(27)29-6-2/h11-14,17H,5-10H2,1-4H3,(H,24,26)/b15-11+. The molecule has 0 aliphatic carbocycles. The van der Waals surface area contributed by atoms with Crippen LogP contribution in [0.1, 0.15) is 44.7 Å². The van der Waals surface area contributed by atoms with Crippen molar-refractivity contribution in [1.82, 2.24) is 10.2 Å². The van der Waals surface area contributed by atoms with E-state index in [1.165, 1.54) is 0 Å². The summed E-state index contributed by atoms with van der Waals surface area (Å²) in [7, 11) is 0. The number of nitrogens with one attached hydrogen (secondary N) is 1. The van der Waals surface area contributed by atoms with Gasteiger partial charge < -0.3 is 24.1 Å². The molecule has 2 heterocycles. The van der Waals surface area contributed by atoms with Crippen molar-refractivity contribution in [3.05, 3.63) is 35.6 Å². The number of rotatable bonds is 6. The average Bonchev–Trinajstić information content (AvgIpc) is 3.08. The third kappa shape index (κ3) is 4.96. The zero-order valence-corrected chi connectivity index (χ0v) is 18.1. The summed E-state index contributed by atoms with van der Waals surface area (Å²) in [5.41, 5.74) is 3.51. The minimum absolute atomic E-state index is 0.0391. The lowest BCUT2D eigenvalue weighted by atomic mass is 10.0. The fraction of sp³-hybridized carbons (Fsp3) is 0.478. The Morgan fingerprint density at radius 3 is 2.63 bits per heavy atom. The zero-order valence-electron chi connectivity index (χ0n) is 18.1. The maximum Gasteiger partial charge on any atom is 0.409 e. The van der Waals surface area contributed by atoms with Crippen molar-refractivity contribution in [3.8, 4) is 5.75 Å². The van der Waals surface area contributed by atoms with E-state index in [-0.39, 0.29) is 18.0 Å². The van der Waals surface area contributed by atoms with Gasteiger partial charge in [0, 0.05) is 42.2 Å². The third-order valence-corrected chi connectivity index (χ3v) is 5.31. The highest BCUT2D eigenvalue weighted by atomic mass is 16.6. The van der Waals surface area contributed by atoms with E-state index in [2.05, 4.69) is 5.32 Å². The van der Waals surface area contributed by atoms with Gasteiger partial charge in [-0.1, -0.05) is 0 Å². The first-order valence-corrected chi connectivity index (χ1v) is 10.5.